The first-order valence-corrected chi connectivity index (χ1v) is 7.30. The van der Waals surface area contributed by atoms with Gasteiger partial charge in [-0.25, -0.2) is 0 Å². The van der Waals surface area contributed by atoms with Crippen molar-refractivity contribution >= 4 is 5.69 Å². The maximum absolute atomic E-state index is 12.8. The van der Waals surface area contributed by atoms with Crippen LogP contribution in [0.5, 0.6) is 0 Å². The van der Waals surface area contributed by atoms with Gasteiger partial charge < -0.3 is 4.90 Å². The van der Waals surface area contributed by atoms with Gasteiger partial charge in [-0.05, 0) is 23.6 Å². The van der Waals surface area contributed by atoms with Gasteiger partial charge in [-0.15, -0.1) is 0 Å². The fourth-order valence-electron chi connectivity index (χ4n) is 2.71. The van der Waals surface area contributed by atoms with Crippen LogP contribution in [-0.4, -0.2) is 37.6 Å². The summed E-state index contributed by atoms with van der Waals surface area (Å²) in [5, 5.41) is 0. The molecular formula is C16H23F3N2. The summed E-state index contributed by atoms with van der Waals surface area (Å²) in [7, 11) is 0. The number of alkyl halides is 3. The molecule has 5 heteroatoms. The van der Waals surface area contributed by atoms with Crippen molar-refractivity contribution in [3.63, 3.8) is 0 Å². The average molecular weight is 300 g/mol. The molecule has 1 aromatic rings. The van der Waals surface area contributed by atoms with Crippen LogP contribution in [0.15, 0.2) is 24.3 Å². The molecule has 118 valence electrons. The van der Waals surface area contributed by atoms with Gasteiger partial charge >= 0.3 is 6.18 Å². The Hall–Kier alpha value is -1.23. The van der Waals surface area contributed by atoms with Gasteiger partial charge in [0.05, 0.1) is 5.56 Å². The van der Waals surface area contributed by atoms with E-state index in [0.717, 1.165) is 38.8 Å². The molecule has 1 aliphatic heterocycles. The SMILES string of the molecule is CC(C)(C)CN1CCN(c2cccc(C(F)(F)F)c2)CC1. The van der Waals surface area contributed by atoms with Crippen LogP contribution in [0.4, 0.5) is 18.9 Å². The molecule has 0 atom stereocenters. The zero-order valence-corrected chi connectivity index (χ0v) is 12.9. The van der Waals surface area contributed by atoms with Crippen LogP contribution in [0.1, 0.15) is 26.3 Å². The molecule has 2 nitrogen and oxygen atoms in total. The Morgan fingerprint density at radius 1 is 1.00 bits per heavy atom. The molecule has 0 unspecified atom stereocenters. The molecule has 2 rings (SSSR count). The maximum atomic E-state index is 12.8. The number of nitrogens with zero attached hydrogens (tertiary/aromatic N) is 2. The largest absolute Gasteiger partial charge is 0.416 e. The van der Waals surface area contributed by atoms with Crippen LogP contribution in [0.25, 0.3) is 0 Å². The number of piperazine rings is 1. The molecule has 21 heavy (non-hydrogen) atoms. The number of hydrogen-bond acceptors (Lipinski definition) is 2. The lowest BCUT2D eigenvalue weighted by atomic mass is 9.96. The second-order valence-corrected chi connectivity index (χ2v) is 6.87. The smallest absolute Gasteiger partial charge is 0.369 e. The zero-order chi connectivity index (χ0) is 15.7. The van der Waals surface area contributed by atoms with Gasteiger partial charge in [-0.3, -0.25) is 4.90 Å². The lowest BCUT2D eigenvalue weighted by molar-refractivity contribution is -0.137. The fourth-order valence-corrected chi connectivity index (χ4v) is 2.71. The monoisotopic (exact) mass is 300 g/mol. The summed E-state index contributed by atoms with van der Waals surface area (Å²) in [6, 6.07) is 5.62. The van der Waals surface area contributed by atoms with Crippen molar-refractivity contribution < 1.29 is 13.2 Å². The molecule has 1 aliphatic rings. The van der Waals surface area contributed by atoms with Crippen molar-refractivity contribution in [2.24, 2.45) is 5.41 Å². The number of hydrogen-bond donors (Lipinski definition) is 0. The molecule has 0 N–H and O–H groups in total. The first-order valence-electron chi connectivity index (χ1n) is 7.30. The van der Waals surface area contributed by atoms with Gasteiger partial charge in [-0.1, -0.05) is 26.8 Å². The van der Waals surface area contributed by atoms with Crippen molar-refractivity contribution in [3.05, 3.63) is 29.8 Å². The molecule has 1 aromatic carbocycles. The van der Waals surface area contributed by atoms with Crippen LogP contribution < -0.4 is 4.90 Å². The highest BCUT2D eigenvalue weighted by Crippen LogP contribution is 2.32. The summed E-state index contributed by atoms with van der Waals surface area (Å²) in [5.41, 5.74) is 0.343. The van der Waals surface area contributed by atoms with Crippen molar-refractivity contribution in [2.45, 2.75) is 26.9 Å². The standard InChI is InChI=1S/C16H23F3N2/c1-15(2,3)12-20-7-9-21(10-8-20)14-6-4-5-13(11-14)16(17,18)19/h4-6,11H,7-10,12H2,1-3H3. The molecule has 0 saturated carbocycles. The Balaban J connectivity index is 1.99. The normalized spacial score (nSPS) is 18.1. The number of halogens is 3. The van der Waals surface area contributed by atoms with Crippen molar-refractivity contribution in [3.8, 4) is 0 Å². The predicted molar refractivity (Wildman–Crippen MR) is 79.6 cm³/mol. The molecule has 0 bridgehead atoms. The highest BCUT2D eigenvalue weighted by Gasteiger charge is 2.31. The minimum atomic E-state index is -4.27. The molecule has 0 aromatic heterocycles. The summed E-state index contributed by atoms with van der Waals surface area (Å²) in [6.07, 6.45) is -4.27. The van der Waals surface area contributed by atoms with E-state index >= 15 is 0 Å². The molecule has 1 heterocycles. The first-order chi connectivity index (χ1) is 9.65. The number of anilines is 1. The van der Waals surface area contributed by atoms with Gasteiger partial charge in [0.1, 0.15) is 0 Å². The van der Waals surface area contributed by atoms with Gasteiger partial charge in [0, 0.05) is 38.4 Å². The van der Waals surface area contributed by atoms with Gasteiger partial charge in [0.25, 0.3) is 0 Å². The zero-order valence-electron chi connectivity index (χ0n) is 12.9. The van der Waals surface area contributed by atoms with E-state index in [0.29, 0.717) is 5.69 Å². The summed E-state index contributed by atoms with van der Waals surface area (Å²) < 4.78 is 38.3. The molecule has 1 fully saturated rings. The summed E-state index contributed by atoms with van der Waals surface area (Å²) in [5.74, 6) is 0. The molecule has 1 saturated heterocycles. The van der Waals surface area contributed by atoms with E-state index in [1.165, 1.54) is 12.1 Å². The van der Waals surface area contributed by atoms with E-state index in [4.69, 9.17) is 0 Å². The average Bonchev–Trinajstić information content (AvgIpc) is 2.37. The lowest BCUT2D eigenvalue weighted by Gasteiger charge is -2.39. The van der Waals surface area contributed by atoms with E-state index in [2.05, 4.69) is 25.7 Å². The first kappa shape index (κ1) is 16.1. The Bertz CT molecular complexity index is 469. The Kier molecular flexibility index (Phi) is 4.51. The van der Waals surface area contributed by atoms with Crippen LogP contribution in [-0.2, 0) is 6.18 Å². The van der Waals surface area contributed by atoms with Gasteiger partial charge in [0.2, 0.25) is 0 Å². The Morgan fingerprint density at radius 3 is 2.14 bits per heavy atom. The predicted octanol–water partition coefficient (Wildman–Crippen LogP) is 3.87. The Labute approximate surface area is 124 Å². The van der Waals surface area contributed by atoms with Gasteiger partial charge in [0.15, 0.2) is 0 Å². The molecule has 0 aliphatic carbocycles. The van der Waals surface area contributed by atoms with Crippen LogP contribution in [0, 0.1) is 5.41 Å². The summed E-state index contributed by atoms with van der Waals surface area (Å²) in [4.78, 5) is 4.42. The third-order valence-electron chi connectivity index (χ3n) is 3.61. The minimum Gasteiger partial charge on any atom is -0.369 e. The van der Waals surface area contributed by atoms with Crippen molar-refractivity contribution in [2.75, 3.05) is 37.6 Å². The topological polar surface area (TPSA) is 6.48 Å². The second-order valence-electron chi connectivity index (χ2n) is 6.87. The highest BCUT2D eigenvalue weighted by atomic mass is 19.4. The summed E-state index contributed by atoms with van der Waals surface area (Å²) >= 11 is 0. The third-order valence-corrected chi connectivity index (χ3v) is 3.61. The molecular weight excluding hydrogens is 277 g/mol. The third kappa shape index (κ3) is 4.63. The number of benzene rings is 1. The quantitative estimate of drug-likeness (QED) is 0.818. The lowest BCUT2D eigenvalue weighted by Crippen LogP contribution is -2.48. The van der Waals surface area contributed by atoms with E-state index in [-0.39, 0.29) is 5.41 Å². The van der Waals surface area contributed by atoms with E-state index in [1.54, 1.807) is 6.07 Å². The maximum Gasteiger partial charge on any atom is 0.416 e. The molecule has 0 spiro atoms. The van der Waals surface area contributed by atoms with E-state index in [9.17, 15) is 13.2 Å². The Morgan fingerprint density at radius 2 is 1.62 bits per heavy atom. The molecule has 0 amide bonds. The van der Waals surface area contributed by atoms with E-state index in [1.807, 2.05) is 4.90 Å². The van der Waals surface area contributed by atoms with Gasteiger partial charge in [-0.2, -0.15) is 13.2 Å². The minimum absolute atomic E-state index is 0.248. The van der Waals surface area contributed by atoms with Crippen LogP contribution in [0.2, 0.25) is 0 Å². The molecule has 0 radical (unpaired) electrons. The van der Waals surface area contributed by atoms with Crippen molar-refractivity contribution in [1.29, 1.82) is 0 Å². The van der Waals surface area contributed by atoms with Crippen molar-refractivity contribution in [1.82, 2.24) is 4.90 Å². The fraction of sp³-hybridized carbons (Fsp3) is 0.625. The highest BCUT2D eigenvalue weighted by molar-refractivity contribution is 5.49. The van der Waals surface area contributed by atoms with E-state index < -0.39 is 11.7 Å². The number of rotatable bonds is 2. The van der Waals surface area contributed by atoms with Crippen LogP contribution in [0.3, 0.4) is 0 Å². The van der Waals surface area contributed by atoms with Crippen LogP contribution >= 0.6 is 0 Å². The second kappa shape index (κ2) is 5.87. The summed E-state index contributed by atoms with van der Waals surface area (Å²) in [6.45, 7) is 11.0.